The molecule has 43 heavy (non-hydrogen) atoms. The second-order valence-electron chi connectivity index (χ2n) is 9.70. The average molecular weight is 610 g/mol. The molecule has 2 atom stereocenters. The molecule has 0 saturated heterocycles. The summed E-state index contributed by atoms with van der Waals surface area (Å²) in [4.78, 5) is 43.1. The van der Waals surface area contributed by atoms with Crippen LogP contribution in [0, 0.1) is 6.92 Å². The van der Waals surface area contributed by atoms with Crippen LogP contribution in [0.25, 0.3) is 0 Å². The van der Waals surface area contributed by atoms with Crippen molar-refractivity contribution in [3.8, 4) is 0 Å². The zero-order valence-corrected chi connectivity index (χ0v) is 24.4. The zero-order chi connectivity index (χ0) is 31.4. The highest BCUT2D eigenvalue weighted by molar-refractivity contribution is 7.89. The van der Waals surface area contributed by atoms with Crippen molar-refractivity contribution in [1.29, 1.82) is 0 Å². The van der Waals surface area contributed by atoms with E-state index in [9.17, 15) is 27.9 Å². The summed E-state index contributed by atoms with van der Waals surface area (Å²) in [6.45, 7) is 1.66. The van der Waals surface area contributed by atoms with Crippen LogP contribution in [0.3, 0.4) is 0 Å². The van der Waals surface area contributed by atoms with Crippen molar-refractivity contribution in [2.45, 2.75) is 49.8 Å². The van der Waals surface area contributed by atoms with Crippen molar-refractivity contribution in [3.63, 3.8) is 0 Å². The fraction of sp³-hybridized carbons (Fsp3) is 0.267. The molecule has 0 aliphatic carbocycles. The molecule has 0 fully saturated rings. The van der Waals surface area contributed by atoms with Crippen LogP contribution < -0.4 is 16.8 Å². The molecule has 3 aromatic carbocycles. The highest BCUT2D eigenvalue weighted by Gasteiger charge is 2.42. The number of aliphatic carboxylic acids is 1. The molecule has 6 N–H and O–H groups in total. The fourth-order valence-electron chi connectivity index (χ4n) is 4.21. The molecule has 3 aromatic rings. The molecular weight excluding hydrogens is 574 g/mol. The number of carbonyl (C=O) groups excluding carboxylic acids is 2. The van der Waals surface area contributed by atoms with Crippen molar-refractivity contribution >= 4 is 34.0 Å². The van der Waals surface area contributed by atoms with E-state index in [2.05, 4.69) is 10.3 Å². The monoisotopic (exact) mass is 609 g/mol. The second-order valence-corrected chi connectivity index (χ2v) is 11.5. The molecule has 0 spiro atoms. The lowest BCUT2D eigenvalue weighted by Crippen LogP contribution is -2.56. The SMILES string of the molecule is Cc1ccc(S(=O)(=O)N(C(=O)C(Cc2ccccc2)NC(=O)OCc2ccccc2)C(CCCN=C(N)N)C(=O)O)cc1. The molecule has 3 rings (SSSR count). The number of rotatable bonds is 14. The largest absolute Gasteiger partial charge is 0.480 e. The standard InChI is InChI=1S/C30H35N5O7S/c1-21-14-16-24(17-15-21)43(40,41)35(26(28(37)38)13-8-18-33-29(31)32)27(36)25(19-22-9-4-2-5-10-22)34-30(39)42-20-23-11-6-3-7-12-23/h2-7,9-12,14-17,25-26H,8,13,18-20H2,1H3,(H,34,39)(H,37,38)(H4,31,32,33). The van der Waals surface area contributed by atoms with Crippen LogP contribution in [0.1, 0.15) is 29.5 Å². The van der Waals surface area contributed by atoms with Gasteiger partial charge in [0.05, 0.1) is 4.90 Å². The molecule has 12 nitrogen and oxygen atoms in total. The highest BCUT2D eigenvalue weighted by atomic mass is 32.2. The van der Waals surface area contributed by atoms with Crippen LogP contribution in [0.4, 0.5) is 4.79 Å². The molecule has 0 aliphatic heterocycles. The minimum Gasteiger partial charge on any atom is -0.480 e. The van der Waals surface area contributed by atoms with Crippen molar-refractivity contribution in [2.24, 2.45) is 16.5 Å². The van der Waals surface area contributed by atoms with Crippen LogP contribution in [-0.4, -0.2) is 60.4 Å². The summed E-state index contributed by atoms with van der Waals surface area (Å²) >= 11 is 0. The Morgan fingerprint density at radius 1 is 0.930 bits per heavy atom. The lowest BCUT2D eigenvalue weighted by atomic mass is 10.0. The number of guanidine groups is 1. The maximum atomic E-state index is 14.2. The highest BCUT2D eigenvalue weighted by Crippen LogP contribution is 2.24. The smallest absolute Gasteiger partial charge is 0.408 e. The Hall–Kier alpha value is -4.91. The Morgan fingerprint density at radius 2 is 1.51 bits per heavy atom. The molecule has 0 aromatic heterocycles. The first-order valence-electron chi connectivity index (χ1n) is 13.4. The molecule has 0 aliphatic rings. The number of amides is 2. The number of hydrogen-bond acceptors (Lipinski definition) is 7. The Bertz CT molecular complexity index is 1510. The molecule has 228 valence electrons. The average Bonchev–Trinajstić information content (AvgIpc) is 2.98. The third-order valence-corrected chi connectivity index (χ3v) is 8.20. The van der Waals surface area contributed by atoms with E-state index in [-0.39, 0.29) is 43.3 Å². The Balaban J connectivity index is 2.01. The van der Waals surface area contributed by atoms with E-state index in [0.29, 0.717) is 15.4 Å². The van der Waals surface area contributed by atoms with Gasteiger partial charge in [-0.2, -0.15) is 0 Å². The quantitative estimate of drug-likeness (QED) is 0.121. The zero-order valence-electron chi connectivity index (χ0n) is 23.6. The van der Waals surface area contributed by atoms with Gasteiger partial charge in [-0.05, 0) is 43.0 Å². The number of nitrogens with zero attached hydrogens (tertiary/aromatic N) is 2. The predicted molar refractivity (Wildman–Crippen MR) is 160 cm³/mol. The summed E-state index contributed by atoms with van der Waals surface area (Å²) in [6.07, 6.45) is -1.36. The Labute approximate surface area is 250 Å². The first-order chi connectivity index (χ1) is 20.5. The van der Waals surface area contributed by atoms with Gasteiger partial charge in [0, 0.05) is 13.0 Å². The van der Waals surface area contributed by atoms with Crippen LogP contribution in [0.5, 0.6) is 0 Å². The van der Waals surface area contributed by atoms with Gasteiger partial charge in [0.2, 0.25) is 0 Å². The number of aliphatic imine (C=N–C) groups is 1. The van der Waals surface area contributed by atoms with Crippen molar-refractivity contribution in [1.82, 2.24) is 9.62 Å². The number of sulfonamides is 1. The molecule has 0 heterocycles. The van der Waals surface area contributed by atoms with E-state index in [4.69, 9.17) is 16.2 Å². The number of ether oxygens (including phenoxy) is 1. The number of carboxylic acid groups (broad SMARTS) is 1. The van der Waals surface area contributed by atoms with Crippen LogP contribution in [0.15, 0.2) is 94.8 Å². The van der Waals surface area contributed by atoms with Crippen LogP contribution >= 0.6 is 0 Å². The van der Waals surface area contributed by atoms with Gasteiger partial charge in [-0.15, -0.1) is 0 Å². The summed E-state index contributed by atoms with van der Waals surface area (Å²) in [7, 11) is -4.72. The first kappa shape index (κ1) is 32.6. The van der Waals surface area contributed by atoms with Crippen LogP contribution in [0.2, 0.25) is 0 Å². The summed E-state index contributed by atoms with van der Waals surface area (Å²) in [6, 6.07) is 19.7. The topological polar surface area (TPSA) is 194 Å². The van der Waals surface area contributed by atoms with Crippen molar-refractivity contribution in [3.05, 3.63) is 102 Å². The van der Waals surface area contributed by atoms with E-state index in [1.807, 2.05) is 0 Å². The van der Waals surface area contributed by atoms with Crippen molar-refractivity contribution < 1.29 is 32.6 Å². The minimum atomic E-state index is -4.72. The number of hydrogen-bond donors (Lipinski definition) is 4. The van der Waals surface area contributed by atoms with E-state index in [1.54, 1.807) is 67.6 Å². The van der Waals surface area contributed by atoms with Crippen LogP contribution in [-0.2, 0) is 37.4 Å². The number of carboxylic acids is 1. The van der Waals surface area contributed by atoms with E-state index in [0.717, 1.165) is 5.56 Å². The summed E-state index contributed by atoms with van der Waals surface area (Å²) in [5.41, 5.74) is 12.8. The number of alkyl carbamates (subject to hydrolysis) is 1. The van der Waals surface area contributed by atoms with Gasteiger partial charge in [0.25, 0.3) is 15.9 Å². The van der Waals surface area contributed by atoms with Crippen molar-refractivity contribution in [2.75, 3.05) is 6.54 Å². The van der Waals surface area contributed by atoms with E-state index < -0.39 is 40.1 Å². The maximum Gasteiger partial charge on any atom is 0.408 e. The normalized spacial score (nSPS) is 12.4. The predicted octanol–water partition coefficient (Wildman–Crippen LogP) is 2.56. The lowest BCUT2D eigenvalue weighted by molar-refractivity contribution is -0.147. The number of nitrogens with one attached hydrogen (secondary N) is 1. The summed E-state index contributed by atoms with van der Waals surface area (Å²) < 4.78 is 33.5. The molecular formula is C30H35N5O7S. The third kappa shape index (κ3) is 9.57. The molecule has 0 saturated carbocycles. The third-order valence-electron chi connectivity index (χ3n) is 6.38. The second kappa shape index (κ2) is 15.4. The lowest BCUT2D eigenvalue weighted by Gasteiger charge is -2.31. The first-order valence-corrected chi connectivity index (χ1v) is 14.9. The van der Waals surface area contributed by atoms with Gasteiger partial charge in [0.1, 0.15) is 18.7 Å². The van der Waals surface area contributed by atoms with Gasteiger partial charge in [-0.1, -0.05) is 78.4 Å². The Kier molecular flexibility index (Phi) is 11.6. The molecule has 0 radical (unpaired) electrons. The van der Waals surface area contributed by atoms with Gasteiger partial charge in [-0.3, -0.25) is 9.79 Å². The number of nitrogens with two attached hydrogens (primary N) is 2. The van der Waals surface area contributed by atoms with Gasteiger partial charge >= 0.3 is 12.1 Å². The Morgan fingerprint density at radius 3 is 2.07 bits per heavy atom. The van der Waals surface area contributed by atoms with E-state index >= 15 is 0 Å². The number of aryl methyl sites for hydroxylation is 1. The number of carbonyl (C=O) groups is 3. The summed E-state index contributed by atoms with van der Waals surface area (Å²) in [5, 5.41) is 12.6. The molecule has 2 unspecified atom stereocenters. The minimum absolute atomic E-state index is 0.0101. The molecule has 0 bridgehead atoms. The maximum absolute atomic E-state index is 14.2. The summed E-state index contributed by atoms with van der Waals surface area (Å²) in [5.74, 6) is -2.91. The number of benzene rings is 3. The van der Waals surface area contributed by atoms with Gasteiger partial charge in [-0.25, -0.2) is 22.3 Å². The molecule has 13 heteroatoms. The molecule has 2 amide bonds. The fourth-order valence-corrected chi connectivity index (χ4v) is 5.81. The van der Waals surface area contributed by atoms with Gasteiger partial charge < -0.3 is 26.6 Å². The van der Waals surface area contributed by atoms with E-state index in [1.165, 1.54) is 24.3 Å². The van der Waals surface area contributed by atoms with Gasteiger partial charge in [0.15, 0.2) is 5.96 Å².